The van der Waals surface area contributed by atoms with Crippen molar-refractivity contribution in [3.05, 3.63) is 58.1 Å². The smallest absolute Gasteiger partial charge is 0.262 e. The van der Waals surface area contributed by atoms with E-state index in [1.807, 2.05) is 49.4 Å². The van der Waals surface area contributed by atoms with E-state index in [0.29, 0.717) is 24.3 Å². The van der Waals surface area contributed by atoms with Gasteiger partial charge in [-0.25, -0.2) is 0 Å². The van der Waals surface area contributed by atoms with E-state index in [1.54, 1.807) is 7.05 Å². The van der Waals surface area contributed by atoms with Gasteiger partial charge in [0.2, 0.25) is 5.91 Å². The normalized spacial score (nSPS) is 10.2. The monoisotopic (exact) mass is 404 g/mol. The molecule has 2 amide bonds. The van der Waals surface area contributed by atoms with Gasteiger partial charge < -0.3 is 15.4 Å². The maximum absolute atomic E-state index is 12.0. The van der Waals surface area contributed by atoms with Gasteiger partial charge in [0.15, 0.2) is 6.61 Å². The van der Waals surface area contributed by atoms with Crippen LogP contribution in [-0.2, 0) is 16.0 Å². The zero-order valence-electron chi connectivity index (χ0n) is 14.3. The summed E-state index contributed by atoms with van der Waals surface area (Å²) in [5, 5.41) is 5.38. The van der Waals surface area contributed by atoms with E-state index in [-0.39, 0.29) is 18.4 Å². The van der Waals surface area contributed by atoms with E-state index >= 15 is 0 Å². The number of carbonyl (C=O) groups excluding carboxylic acids is 2. The molecule has 2 rings (SSSR count). The molecule has 0 aliphatic rings. The molecule has 0 aliphatic carbocycles. The van der Waals surface area contributed by atoms with Crippen LogP contribution in [0.3, 0.4) is 0 Å². The van der Waals surface area contributed by atoms with Crippen molar-refractivity contribution < 1.29 is 14.3 Å². The number of benzene rings is 2. The number of hydrogen-bond donors (Lipinski definition) is 2. The lowest BCUT2D eigenvalue weighted by molar-refractivity contribution is -0.120. The van der Waals surface area contributed by atoms with E-state index < -0.39 is 0 Å². The molecule has 0 aliphatic heterocycles. The average molecular weight is 405 g/mol. The minimum atomic E-state index is -0.223. The minimum Gasteiger partial charge on any atom is -0.484 e. The minimum absolute atomic E-state index is 0.0118. The third-order valence-corrected chi connectivity index (χ3v) is 4.55. The Hall–Kier alpha value is -2.34. The Morgan fingerprint density at radius 1 is 1.08 bits per heavy atom. The number of ether oxygens (including phenoxy) is 1. The second-order valence-electron chi connectivity index (χ2n) is 5.62. The lowest BCUT2D eigenvalue weighted by atomic mass is 10.1. The van der Waals surface area contributed by atoms with Crippen LogP contribution in [0, 0.1) is 6.92 Å². The van der Waals surface area contributed by atoms with Crippen molar-refractivity contribution >= 4 is 33.4 Å². The van der Waals surface area contributed by atoms with Crippen molar-refractivity contribution in [1.29, 1.82) is 0 Å². The molecule has 132 valence electrons. The van der Waals surface area contributed by atoms with Gasteiger partial charge >= 0.3 is 0 Å². The predicted octanol–water partition coefficient (Wildman–Crippen LogP) is 3.45. The molecule has 2 aromatic carbocycles. The second-order valence-corrected chi connectivity index (χ2v) is 6.47. The van der Waals surface area contributed by atoms with Gasteiger partial charge in [-0.05, 0) is 54.8 Å². The van der Waals surface area contributed by atoms with Crippen molar-refractivity contribution in [3.63, 3.8) is 0 Å². The summed E-state index contributed by atoms with van der Waals surface area (Å²) in [5.74, 6) is 0.441. The molecule has 25 heavy (non-hydrogen) atoms. The molecule has 2 aromatic rings. The fraction of sp³-hybridized carbons (Fsp3) is 0.263. The Bertz CT molecular complexity index is 745. The number of aryl methyl sites for hydroxylation is 2. The highest BCUT2D eigenvalue weighted by Gasteiger charge is 2.06. The van der Waals surface area contributed by atoms with E-state index in [4.69, 9.17) is 4.74 Å². The Balaban J connectivity index is 1.81. The standard InChI is InChI=1S/C19H21BrN2O3/c1-13-11-16(8-9-17(13)20)25-12-19(24)22-15-6-3-14(4-7-15)5-10-18(23)21-2/h3-4,6-9,11H,5,10,12H2,1-2H3,(H,21,23)(H,22,24). The van der Waals surface area contributed by atoms with Gasteiger partial charge in [0, 0.05) is 23.6 Å². The first-order chi connectivity index (χ1) is 12.0. The highest BCUT2D eigenvalue weighted by molar-refractivity contribution is 9.10. The summed E-state index contributed by atoms with van der Waals surface area (Å²) >= 11 is 3.43. The van der Waals surface area contributed by atoms with Gasteiger partial charge in [0.1, 0.15) is 5.75 Å². The van der Waals surface area contributed by atoms with Crippen molar-refractivity contribution in [1.82, 2.24) is 5.32 Å². The van der Waals surface area contributed by atoms with Crippen LogP contribution in [0.1, 0.15) is 17.5 Å². The van der Waals surface area contributed by atoms with Crippen LogP contribution in [0.25, 0.3) is 0 Å². The molecule has 0 radical (unpaired) electrons. The highest BCUT2D eigenvalue weighted by Crippen LogP contribution is 2.21. The number of rotatable bonds is 7. The summed E-state index contributed by atoms with van der Waals surface area (Å²) in [5.41, 5.74) is 2.79. The second kappa shape index (κ2) is 9.22. The molecule has 0 fully saturated rings. The molecule has 0 bridgehead atoms. The van der Waals surface area contributed by atoms with Crippen LogP contribution in [0.4, 0.5) is 5.69 Å². The van der Waals surface area contributed by atoms with Crippen LogP contribution >= 0.6 is 15.9 Å². The average Bonchev–Trinajstić information content (AvgIpc) is 2.62. The van der Waals surface area contributed by atoms with E-state index in [2.05, 4.69) is 26.6 Å². The molecule has 2 N–H and O–H groups in total. The SMILES string of the molecule is CNC(=O)CCc1ccc(NC(=O)COc2ccc(Br)c(C)c2)cc1. The van der Waals surface area contributed by atoms with Gasteiger partial charge in [-0.3, -0.25) is 9.59 Å². The molecule has 5 nitrogen and oxygen atoms in total. The third-order valence-electron chi connectivity index (χ3n) is 3.66. The molecule has 0 heterocycles. The maximum Gasteiger partial charge on any atom is 0.262 e. The van der Waals surface area contributed by atoms with Crippen molar-refractivity contribution in [2.24, 2.45) is 0 Å². The summed E-state index contributed by atoms with van der Waals surface area (Å²) in [4.78, 5) is 23.2. The zero-order chi connectivity index (χ0) is 18.2. The number of halogens is 1. The Morgan fingerprint density at radius 3 is 2.44 bits per heavy atom. The molecule has 0 spiro atoms. The van der Waals surface area contributed by atoms with Crippen LogP contribution in [-0.4, -0.2) is 25.5 Å². The van der Waals surface area contributed by atoms with Gasteiger partial charge in [0.25, 0.3) is 5.91 Å². The molecule has 0 saturated heterocycles. The molecule has 0 atom stereocenters. The predicted molar refractivity (Wildman–Crippen MR) is 102 cm³/mol. The number of hydrogen-bond acceptors (Lipinski definition) is 3. The van der Waals surface area contributed by atoms with Crippen LogP contribution in [0.15, 0.2) is 46.9 Å². The van der Waals surface area contributed by atoms with Crippen molar-refractivity contribution in [2.75, 3.05) is 19.0 Å². The molecule has 0 saturated carbocycles. The van der Waals surface area contributed by atoms with Crippen LogP contribution in [0.2, 0.25) is 0 Å². The lowest BCUT2D eigenvalue weighted by Crippen LogP contribution is -2.20. The van der Waals surface area contributed by atoms with Crippen molar-refractivity contribution in [2.45, 2.75) is 19.8 Å². The summed E-state index contributed by atoms with van der Waals surface area (Å²) in [7, 11) is 1.62. The van der Waals surface area contributed by atoms with Gasteiger partial charge in [-0.2, -0.15) is 0 Å². The fourth-order valence-electron chi connectivity index (χ4n) is 2.19. The number of amides is 2. The van der Waals surface area contributed by atoms with Crippen molar-refractivity contribution in [3.8, 4) is 5.75 Å². The summed E-state index contributed by atoms with van der Waals surface area (Å²) in [6.45, 7) is 1.90. The number of nitrogens with one attached hydrogen (secondary N) is 2. The molecule has 0 aromatic heterocycles. The third kappa shape index (κ3) is 6.23. The Morgan fingerprint density at radius 2 is 1.80 bits per heavy atom. The van der Waals surface area contributed by atoms with Crippen LogP contribution < -0.4 is 15.4 Å². The largest absolute Gasteiger partial charge is 0.484 e. The van der Waals surface area contributed by atoms with Gasteiger partial charge in [-0.15, -0.1) is 0 Å². The number of anilines is 1. The first-order valence-corrected chi connectivity index (χ1v) is 8.75. The molecular formula is C19H21BrN2O3. The maximum atomic E-state index is 12.0. The number of carbonyl (C=O) groups is 2. The van der Waals surface area contributed by atoms with E-state index in [1.165, 1.54) is 0 Å². The van der Waals surface area contributed by atoms with Crippen LogP contribution in [0.5, 0.6) is 5.75 Å². The summed E-state index contributed by atoms with van der Waals surface area (Å²) in [6, 6.07) is 13.0. The quantitative estimate of drug-likeness (QED) is 0.742. The topological polar surface area (TPSA) is 67.4 Å². The molecule has 0 unspecified atom stereocenters. The first-order valence-electron chi connectivity index (χ1n) is 7.96. The molecule has 6 heteroatoms. The fourth-order valence-corrected chi connectivity index (χ4v) is 2.44. The van der Waals surface area contributed by atoms with Gasteiger partial charge in [0.05, 0.1) is 0 Å². The first kappa shape index (κ1) is 19.0. The van der Waals surface area contributed by atoms with Gasteiger partial charge in [-0.1, -0.05) is 28.1 Å². The Kier molecular flexibility index (Phi) is 7.01. The summed E-state index contributed by atoms with van der Waals surface area (Å²) in [6.07, 6.45) is 1.11. The summed E-state index contributed by atoms with van der Waals surface area (Å²) < 4.78 is 6.50. The van der Waals surface area contributed by atoms with E-state index in [9.17, 15) is 9.59 Å². The molecular weight excluding hydrogens is 384 g/mol. The lowest BCUT2D eigenvalue weighted by Gasteiger charge is -2.09. The Labute approximate surface area is 155 Å². The zero-order valence-corrected chi connectivity index (χ0v) is 15.9. The highest BCUT2D eigenvalue weighted by atomic mass is 79.9. The van der Waals surface area contributed by atoms with E-state index in [0.717, 1.165) is 15.6 Å².